The van der Waals surface area contributed by atoms with Crippen LogP contribution in [0.2, 0.25) is 0 Å². The van der Waals surface area contributed by atoms with Crippen LogP contribution in [0.15, 0.2) is 54.6 Å². The minimum Gasteiger partial charge on any atom is -0.326 e. The van der Waals surface area contributed by atoms with E-state index in [1.165, 1.54) is 16.5 Å². The molecule has 0 atom stereocenters. The highest BCUT2D eigenvalue weighted by molar-refractivity contribution is 6.67. The van der Waals surface area contributed by atoms with Crippen molar-refractivity contribution >= 4 is 18.2 Å². The first-order chi connectivity index (χ1) is 7.38. The SMILES string of the molecule is NCc1cccc([B]c2ccccc2)c1. The first kappa shape index (κ1) is 10.00. The van der Waals surface area contributed by atoms with E-state index in [1.807, 2.05) is 30.3 Å². The lowest BCUT2D eigenvalue weighted by atomic mass is 9.64. The topological polar surface area (TPSA) is 26.0 Å². The van der Waals surface area contributed by atoms with Gasteiger partial charge in [-0.05, 0) is 5.56 Å². The van der Waals surface area contributed by atoms with Crippen LogP contribution in [0, 0.1) is 0 Å². The molecule has 2 aromatic rings. The van der Waals surface area contributed by atoms with Crippen LogP contribution in [0.5, 0.6) is 0 Å². The van der Waals surface area contributed by atoms with Crippen LogP contribution in [0.1, 0.15) is 5.56 Å². The maximum absolute atomic E-state index is 5.60. The average molecular weight is 194 g/mol. The van der Waals surface area contributed by atoms with Gasteiger partial charge in [0.15, 0.2) is 7.28 Å². The molecule has 2 heteroatoms. The van der Waals surface area contributed by atoms with Gasteiger partial charge in [0.25, 0.3) is 0 Å². The first-order valence-corrected chi connectivity index (χ1v) is 5.07. The first-order valence-electron chi connectivity index (χ1n) is 5.07. The summed E-state index contributed by atoms with van der Waals surface area (Å²) in [5, 5.41) is 0. The number of hydrogen-bond donors (Lipinski definition) is 1. The predicted molar refractivity (Wildman–Crippen MR) is 65.8 cm³/mol. The highest BCUT2D eigenvalue weighted by Crippen LogP contribution is 1.94. The van der Waals surface area contributed by atoms with Crippen LogP contribution in [0.25, 0.3) is 0 Å². The van der Waals surface area contributed by atoms with Crippen molar-refractivity contribution in [3.63, 3.8) is 0 Å². The molecule has 0 heterocycles. The Kier molecular flexibility index (Phi) is 3.20. The lowest BCUT2D eigenvalue weighted by Gasteiger charge is -2.02. The Morgan fingerprint density at radius 1 is 0.867 bits per heavy atom. The number of benzene rings is 2. The zero-order valence-corrected chi connectivity index (χ0v) is 8.56. The minimum atomic E-state index is 0.594. The van der Waals surface area contributed by atoms with Crippen molar-refractivity contribution in [1.29, 1.82) is 0 Å². The molecule has 0 bridgehead atoms. The van der Waals surface area contributed by atoms with Crippen molar-refractivity contribution in [3.05, 3.63) is 60.2 Å². The van der Waals surface area contributed by atoms with Crippen molar-refractivity contribution in [3.8, 4) is 0 Å². The predicted octanol–water partition coefficient (Wildman–Crippen LogP) is 0.800. The lowest BCUT2D eigenvalue weighted by molar-refractivity contribution is 1.07. The van der Waals surface area contributed by atoms with Crippen LogP contribution in [-0.2, 0) is 6.54 Å². The van der Waals surface area contributed by atoms with E-state index in [0.717, 1.165) is 0 Å². The number of nitrogens with two attached hydrogens (primary N) is 1. The van der Waals surface area contributed by atoms with Gasteiger partial charge in [0, 0.05) is 6.54 Å². The second-order valence-electron chi connectivity index (χ2n) is 3.50. The van der Waals surface area contributed by atoms with Crippen molar-refractivity contribution in [1.82, 2.24) is 0 Å². The zero-order chi connectivity index (χ0) is 10.5. The van der Waals surface area contributed by atoms with Crippen LogP contribution >= 0.6 is 0 Å². The van der Waals surface area contributed by atoms with Gasteiger partial charge in [0.05, 0.1) is 0 Å². The Bertz CT molecular complexity index is 426. The van der Waals surface area contributed by atoms with Gasteiger partial charge in [-0.25, -0.2) is 0 Å². The van der Waals surface area contributed by atoms with Gasteiger partial charge in [0.2, 0.25) is 0 Å². The molecular weight excluding hydrogens is 181 g/mol. The molecule has 15 heavy (non-hydrogen) atoms. The van der Waals surface area contributed by atoms with Gasteiger partial charge in [0.1, 0.15) is 0 Å². The number of rotatable bonds is 3. The largest absolute Gasteiger partial charge is 0.326 e. The molecule has 0 saturated carbocycles. The molecule has 0 spiro atoms. The molecule has 0 aliphatic rings. The fraction of sp³-hybridized carbons (Fsp3) is 0.0769. The Morgan fingerprint density at radius 3 is 2.33 bits per heavy atom. The van der Waals surface area contributed by atoms with Gasteiger partial charge in [-0.2, -0.15) is 0 Å². The maximum Gasteiger partial charge on any atom is 0.191 e. The van der Waals surface area contributed by atoms with E-state index in [9.17, 15) is 0 Å². The van der Waals surface area contributed by atoms with E-state index in [-0.39, 0.29) is 0 Å². The summed E-state index contributed by atoms with van der Waals surface area (Å²) in [5.74, 6) is 0. The van der Waals surface area contributed by atoms with Crippen molar-refractivity contribution in [2.75, 3.05) is 0 Å². The second-order valence-corrected chi connectivity index (χ2v) is 3.50. The summed E-state index contributed by atoms with van der Waals surface area (Å²) in [6.45, 7) is 0.594. The Morgan fingerprint density at radius 2 is 1.60 bits per heavy atom. The molecule has 2 aromatic carbocycles. The molecule has 0 saturated heterocycles. The molecule has 2 rings (SSSR count). The summed E-state index contributed by atoms with van der Waals surface area (Å²) in [4.78, 5) is 0. The molecule has 0 aliphatic carbocycles. The molecule has 73 valence electrons. The average Bonchev–Trinajstić information content (AvgIpc) is 2.31. The van der Waals surface area contributed by atoms with E-state index in [0.29, 0.717) is 6.54 Å². The van der Waals surface area contributed by atoms with E-state index in [2.05, 4.69) is 31.5 Å². The maximum atomic E-state index is 5.60. The molecule has 0 fully saturated rings. The summed E-state index contributed by atoms with van der Waals surface area (Å²) in [7, 11) is 2.15. The van der Waals surface area contributed by atoms with E-state index < -0.39 is 0 Å². The third-order valence-corrected chi connectivity index (χ3v) is 2.32. The highest BCUT2D eigenvalue weighted by Gasteiger charge is 1.98. The number of hydrogen-bond acceptors (Lipinski definition) is 1. The van der Waals surface area contributed by atoms with Gasteiger partial charge >= 0.3 is 0 Å². The summed E-state index contributed by atoms with van der Waals surface area (Å²) in [5.41, 5.74) is 9.18. The van der Waals surface area contributed by atoms with Crippen LogP contribution in [0.3, 0.4) is 0 Å². The van der Waals surface area contributed by atoms with Crippen molar-refractivity contribution < 1.29 is 0 Å². The third-order valence-electron chi connectivity index (χ3n) is 2.32. The summed E-state index contributed by atoms with van der Waals surface area (Å²) in [6.07, 6.45) is 0. The molecule has 0 amide bonds. The smallest absolute Gasteiger partial charge is 0.191 e. The standard InChI is InChI=1S/C13H13BN/c15-10-11-5-4-8-13(9-11)14-12-6-2-1-3-7-12/h1-9H,10,15H2. The van der Waals surface area contributed by atoms with Crippen LogP contribution in [0.4, 0.5) is 0 Å². The van der Waals surface area contributed by atoms with Crippen LogP contribution in [-0.4, -0.2) is 7.28 Å². The monoisotopic (exact) mass is 194 g/mol. The molecular formula is C13H13BN. The Hall–Kier alpha value is -1.54. The van der Waals surface area contributed by atoms with Crippen molar-refractivity contribution in [2.24, 2.45) is 5.73 Å². The Labute approximate surface area is 91.2 Å². The minimum absolute atomic E-state index is 0.594. The third kappa shape index (κ3) is 2.70. The lowest BCUT2D eigenvalue weighted by Crippen LogP contribution is -2.27. The normalized spacial score (nSPS) is 9.93. The van der Waals surface area contributed by atoms with Crippen LogP contribution < -0.4 is 16.7 Å². The summed E-state index contributed by atoms with van der Waals surface area (Å²) in [6, 6.07) is 18.6. The van der Waals surface area contributed by atoms with Gasteiger partial charge in [-0.1, -0.05) is 65.5 Å². The quantitative estimate of drug-likeness (QED) is 0.718. The summed E-state index contributed by atoms with van der Waals surface area (Å²) >= 11 is 0. The Balaban J connectivity index is 2.17. The van der Waals surface area contributed by atoms with Crippen molar-refractivity contribution in [2.45, 2.75) is 6.54 Å². The fourth-order valence-electron chi connectivity index (χ4n) is 1.55. The van der Waals surface area contributed by atoms with Gasteiger partial charge in [-0.3, -0.25) is 0 Å². The molecule has 0 aromatic heterocycles. The molecule has 2 N–H and O–H groups in total. The van der Waals surface area contributed by atoms with E-state index in [1.54, 1.807) is 0 Å². The van der Waals surface area contributed by atoms with E-state index in [4.69, 9.17) is 5.73 Å². The van der Waals surface area contributed by atoms with Gasteiger partial charge in [-0.15, -0.1) is 0 Å². The fourth-order valence-corrected chi connectivity index (χ4v) is 1.55. The molecule has 1 radical (unpaired) electrons. The summed E-state index contributed by atoms with van der Waals surface area (Å²) < 4.78 is 0. The highest BCUT2D eigenvalue weighted by atomic mass is 14.5. The second kappa shape index (κ2) is 4.81. The zero-order valence-electron chi connectivity index (χ0n) is 8.56. The van der Waals surface area contributed by atoms with Gasteiger partial charge < -0.3 is 5.73 Å². The van der Waals surface area contributed by atoms with E-state index >= 15 is 0 Å². The molecule has 0 unspecified atom stereocenters. The molecule has 0 aliphatic heterocycles. The molecule has 1 nitrogen and oxygen atoms in total.